The van der Waals surface area contributed by atoms with Gasteiger partial charge in [-0.1, -0.05) is 17.7 Å². The maximum absolute atomic E-state index is 13.8. The van der Waals surface area contributed by atoms with Crippen molar-refractivity contribution in [2.24, 2.45) is 5.73 Å². The van der Waals surface area contributed by atoms with Gasteiger partial charge in [-0.25, -0.2) is 9.37 Å². The molecule has 1 aliphatic rings. The Morgan fingerprint density at radius 2 is 2.03 bits per heavy atom. The van der Waals surface area contributed by atoms with E-state index in [9.17, 15) is 22.4 Å². The largest absolute Gasteiger partial charge is 0.417 e. The van der Waals surface area contributed by atoms with Gasteiger partial charge in [0.05, 0.1) is 27.9 Å². The molecule has 1 atom stereocenters. The summed E-state index contributed by atoms with van der Waals surface area (Å²) in [5.74, 6) is -1.23. The number of nitrogens with two attached hydrogens (primary N) is 1. The Labute approximate surface area is 169 Å². The van der Waals surface area contributed by atoms with E-state index in [1.54, 1.807) is 6.92 Å². The number of nitrogens with one attached hydrogen (secondary N) is 1. The lowest BCUT2D eigenvalue weighted by Gasteiger charge is -2.36. The van der Waals surface area contributed by atoms with Crippen molar-refractivity contribution in [3.05, 3.63) is 69.9 Å². The monoisotopic (exact) mass is 428 g/mol. The second kappa shape index (κ2) is 7.90. The molecule has 2 heterocycles. The first-order valence-electron chi connectivity index (χ1n) is 8.64. The number of benzene rings is 1. The van der Waals surface area contributed by atoms with E-state index in [2.05, 4.69) is 10.3 Å². The molecule has 3 rings (SSSR count). The van der Waals surface area contributed by atoms with E-state index in [-0.39, 0.29) is 30.0 Å². The van der Waals surface area contributed by atoms with Crippen LogP contribution in [-0.4, -0.2) is 28.4 Å². The average Bonchev–Trinajstić information content (AvgIpc) is 2.66. The highest BCUT2D eigenvalue weighted by Gasteiger charge is 2.36. The predicted octanol–water partition coefficient (Wildman–Crippen LogP) is 4.41. The zero-order valence-corrected chi connectivity index (χ0v) is 16.0. The molecule has 154 valence electrons. The smallest absolute Gasteiger partial charge is 0.399 e. The molecule has 29 heavy (non-hydrogen) atoms. The van der Waals surface area contributed by atoms with Crippen molar-refractivity contribution in [2.45, 2.75) is 25.6 Å². The van der Waals surface area contributed by atoms with Crippen LogP contribution in [0.4, 0.5) is 23.4 Å². The van der Waals surface area contributed by atoms with Gasteiger partial charge in [0.25, 0.3) is 5.91 Å². The first-order valence-corrected chi connectivity index (χ1v) is 9.01. The molecular formula is C19H17ClF4N4O. The Morgan fingerprint density at radius 3 is 2.69 bits per heavy atom. The van der Waals surface area contributed by atoms with Crippen LogP contribution >= 0.6 is 11.6 Å². The van der Waals surface area contributed by atoms with Crippen LogP contribution in [0.25, 0.3) is 0 Å². The summed E-state index contributed by atoms with van der Waals surface area (Å²) in [4.78, 5) is 18.1. The fourth-order valence-corrected chi connectivity index (χ4v) is 3.41. The van der Waals surface area contributed by atoms with Gasteiger partial charge in [0.1, 0.15) is 0 Å². The maximum Gasteiger partial charge on any atom is 0.417 e. The number of rotatable bonds is 3. The Bertz CT molecular complexity index is 977. The molecule has 2 aromatic rings. The summed E-state index contributed by atoms with van der Waals surface area (Å²) in [6.45, 7) is 1.79. The molecule has 1 amide bonds. The van der Waals surface area contributed by atoms with Gasteiger partial charge >= 0.3 is 6.18 Å². The number of carbonyl (C=O) groups excluding carboxylic acids is 1. The standard InChI is InChI=1S/C19H17ClF4N4O/c1-10-16(25)14(27-17-13(21)6-3-8-26-17)7-9-28(10)18(29)11-4-2-5-12(15(11)20)19(22,23)24/h2-6,8,10H,7,9,25H2,1H3,(H,26,27). The van der Waals surface area contributed by atoms with Gasteiger partial charge in [-0.2, -0.15) is 13.2 Å². The molecule has 1 aliphatic heterocycles. The number of carbonyl (C=O) groups is 1. The van der Waals surface area contributed by atoms with Crippen molar-refractivity contribution in [1.29, 1.82) is 0 Å². The molecule has 1 aromatic heterocycles. The summed E-state index contributed by atoms with van der Waals surface area (Å²) in [6, 6.07) is 5.23. The van der Waals surface area contributed by atoms with Crippen LogP contribution in [-0.2, 0) is 6.18 Å². The minimum absolute atomic E-state index is 0.00153. The lowest BCUT2D eigenvalue weighted by atomic mass is 10.0. The average molecular weight is 429 g/mol. The van der Waals surface area contributed by atoms with Gasteiger partial charge < -0.3 is 16.0 Å². The number of alkyl halides is 3. The molecule has 1 aromatic carbocycles. The van der Waals surface area contributed by atoms with Crippen molar-refractivity contribution >= 4 is 23.3 Å². The molecule has 0 aliphatic carbocycles. The second-order valence-electron chi connectivity index (χ2n) is 6.48. The predicted molar refractivity (Wildman–Crippen MR) is 101 cm³/mol. The highest BCUT2D eigenvalue weighted by molar-refractivity contribution is 6.34. The summed E-state index contributed by atoms with van der Waals surface area (Å²) in [5.41, 5.74) is 5.55. The Morgan fingerprint density at radius 1 is 1.31 bits per heavy atom. The molecule has 0 spiro atoms. The zero-order valence-electron chi connectivity index (χ0n) is 15.2. The Hall–Kier alpha value is -2.81. The van der Waals surface area contributed by atoms with Crippen LogP contribution in [0.15, 0.2) is 47.9 Å². The van der Waals surface area contributed by atoms with Crippen LogP contribution in [0.5, 0.6) is 0 Å². The van der Waals surface area contributed by atoms with Crippen LogP contribution in [0, 0.1) is 5.82 Å². The molecule has 1 unspecified atom stereocenters. The van der Waals surface area contributed by atoms with Gasteiger partial charge in [0.15, 0.2) is 11.6 Å². The van der Waals surface area contributed by atoms with E-state index in [1.807, 2.05) is 0 Å². The highest BCUT2D eigenvalue weighted by Crippen LogP contribution is 2.37. The minimum atomic E-state index is -4.68. The number of halogens is 5. The van der Waals surface area contributed by atoms with Crippen molar-refractivity contribution in [3.63, 3.8) is 0 Å². The molecule has 3 N–H and O–H groups in total. The molecule has 0 saturated heterocycles. The molecule has 10 heteroatoms. The number of amides is 1. The third-order valence-electron chi connectivity index (χ3n) is 4.69. The summed E-state index contributed by atoms with van der Waals surface area (Å²) >= 11 is 5.87. The van der Waals surface area contributed by atoms with Crippen LogP contribution in [0.2, 0.25) is 5.02 Å². The summed E-state index contributed by atoms with van der Waals surface area (Å²) in [6.07, 6.45) is -3.02. The lowest BCUT2D eigenvalue weighted by Crippen LogP contribution is -2.46. The number of hydrogen-bond acceptors (Lipinski definition) is 4. The first-order chi connectivity index (χ1) is 13.6. The fraction of sp³-hybridized carbons (Fsp3) is 0.263. The van der Waals surface area contributed by atoms with E-state index in [4.69, 9.17) is 17.3 Å². The highest BCUT2D eigenvalue weighted by atomic mass is 35.5. The van der Waals surface area contributed by atoms with Crippen LogP contribution < -0.4 is 11.1 Å². The van der Waals surface area contributed by atoms with Crippen molar-refractivity contribution in [2.75, 3.05) is 11.9 Å². The van der Waals surface area contributed by atoms with E-state index in [0.29, 0.717) is 5.70 Å². The summed E-state index contributed by atoms with van der Waals surface area (Å²) in [7, 11) is 0. The molecule has 0 radical (unpaired) electrons. The summed E-state index contributed by atoms with van der Waals surface area (Å²) < 4.78 is 53.1. The van der Waals surface area contributed by atoms with Crippen LogP contribution in [0.1, 0.15) is 29.3 Å². The van der Waals surface area contributed by atoms with Gasteiger partial charge in [-0.3, -0.25) is 4.79 Å². The van der Waals surface area contributed by atoms with E-state index in [1.165, 1.54) is 29.3 Å². The van der Waals surface area contributed by atoms with Gasteiger partial charge in [-0.15, -0.1) is 0 Å². The number of hydrogen-bond donors (Lipinski definition) is 2. The SMILES string of the molecule is CC1C(N)=C(Nc2ncccc2F)CCN1C(=O)c1cccc(C(F)(F)F)c1Cl. The normalized spacial score (nSPS) is 17.4. The maximum atomic E-state index is 13.8. The van der Waals surface area contributed by atoms with E-state index < -0.39 is 34.5 Å². The lowest BCUT2D eigenvalue weighted by molar-refractivity contribution is -0.137. The zero-order chi connectivity index (χ0) is 21.3. The fourth-order valence-electron chi connectivity index (χ4n) is 3.09. The van der Waals surface area contributed by atoms with E-state index in [0.717, 1.165) is 12.1 Å². The molecular weight excluding hydrogens is 412 g/mol. The topological polar surface area (TPSA) is 71.2 Å². The molecule has 0 saturated carbocycles. The Balaban J connectivity index is 1.87. The number of aromatic nitrogens is 1. The third kappa shape index (κ3) is 4.14. The first kappa shape index (κ1) is 20.9. The Kier molecular flexibility index (Phi) is 5.70. The molecule has 0 fully saturated rings. The van der Waals surface area contributed by atoms with Crippen LogP contribution in [0.3, 0.4) is 0 Å². The number of pyridine rings is 1. The molecule has 0 bridgehead atoms. The minimum Gasteiger partial charge on any atom is -0.399 e. The summed E-state index contributed by atoms with van der Waals surface area (Å²) in [5, 5.41) is 2.17. The van der Waals surface area contributed by atoms with E-state index >= 15 is 0 Å². The van der Waals surface area contributed by atoms with Crippen molar-refractivity contribution in [3.8, 4) is 0 Å². The molecule has 5 nitrogen and oxygen atoms in total. The van der Waals surface area contributed by atoms with Crippen molar-refractivity contribution < 1.29 is 22.4 Å². The van der Waals surface area contributed by atoms with Gasteiger partial charge in [0.2, 0.25) is 0 Å². The number of nitrogens with zero attached hydrogens (tertiary/aromatic N) is 2. The van der Waals surface area contributed by atoms with Gasteiger partial charge in [-0.05, 0) is 31.2 Å². The third-order valence-corrected chi connectivity index (χ3v) is 5.10. The second-order valence-corrected chi connectivity index (χ2v) is 6.86. The quantitative estimate of drug-likeness (QED) is 0.710. The van der Waals surface area contributed by atoms with Crippen molar-refractivity contribution in [1.82, 2.24) is 9.88 Å². The number of anilines is 1. The van der Waals surface area contributed by atoms with Gasteiger partial charge in [0, 0.05) is 24.9 Å².